The monoisotopic (exact) mass is 324 g/mol. The fraction of sp³-hybridized carbons (Fsp3) is 0.214. The number of carbonyl (C=O) groups is 1. The highest BCUT2D eigenvalue weighted by Crippen LogP contribution is 2.29. The maximum absolute atomic E-state index is 12.5. The molecule has 2 nitrogen and oxygen atoms in total. The fourth-order valence-corrected chi connectivity index (χ4v) is 3.02. The smallest absolute Gasteiger partial charge is 0.206 e. The zero-order valence-corrected chi connectivity index (χ0v) is 12.8. The molecule has 2 rings (SSSR count). The van der Waals surface area contributed by atoms with Gasteiger partial charge in [-0.05, 0) is 43.7 Å². The topological polar surface area (TPSA) is 26.3 Å². The average molecular weight is 325 g/mol. The number of ketones is 1. The Balaban J connectivity index is 2.48. The van der Waals surface area contributed by atoms with Gasteiger partial charge >= 0.3 is 0 Å². The lowest BCUT2D eigenvalue weighted by Gasteiger charge is -2.06. The number of benzene rings is 1. The van der Waals surface area contributed by atoms with Crippen LogP contribution in [0.4, 0.5) is 0 Å². The molecule has 0 bridgehead atoms. The van der Waals surface area contributed by atoms with E-state index in [-0.39, 0.29) is 5.78 Å². The molecule has 0 fully saturated rings. The van der Waals surface area contributed by atoms with Crippen molar-refractivity contribution < 1.29 is 9.53 Å². The number of thiophene rings is 1. The summed E-state index contributed by atoms with van der Waals surface area (Å²) in [5.41, 5.74) is 1.74. The normalized spacial score (nSPS) is 10.4. The minimum absolute atomic E-state index is 0.00866. The van der Waals surface area contributed by atoms with Crippen LogP contribution in [0.1, 0.15) is 25.7 Å². The minimum atomic E-state index is 0.00866. The van der Waals surface area contributed by atoms with Crippen LogP contribution in [0, 0.1) is 13.8 Å². The van der Waals surface area contributed by atoms with Gasteiger partial charge in [0.2, 0.25) is 5.78 Å². The molecule has 0 radical (unpaired) electrons. The molecule has 1 heterocycles. The van der Waals surface area contributed by atoms with Crippen molar-refractivity contribution in [2.24, 2.45) is 0 Å². The Bertz CT molecular complexity index is 582. The molecule has 0 amide bonds. The minimum Gasteiger partial charge on any atom is -0.496 e. The summed E-state index contributed by atoms with van der Waals surface area (Å²) in [6, 6.07) is 7.39. The van der Waals surface area contributed by atoms with Gasteiger partial charge in [0.25, 0.3) is 0 Å². The van der Waals surface area contributed by atoms with Crippen LogP contribution in [0.2, 0.25) is 0 Å². The highest BCUT2D eigenvalue weighted by molar-refractivity contribution is 9.10. The van der Waals surface area contributed by atoms with Gasteiger partial charge in [-0.1, -0.05) is 15.9 Å². The van der Waals surface area contributed by atoms with Gasteiger partial charge in [-0.3, -0.25) is 4.79 Å². The number of halogens is 1. The number of rotatable bonds is 3. The summed E-state index contributed by atoms with van der Waals surface area (Å²) < 4.78 is 6.11. The predicted molar refractivity (Wildman–Crippen MR) is 77.9 cm³/mol. The molecule has 0 saturated carbocycles. The molecule has 0 spiro atoms. The highest BCUT2D eigenvalue weighted by Gasteiger charge is 2.17. The summed E-state index contributed by atoms with van der Waals surface area (Å²) in [4.78, 5) is 14.4. The van der Waals surface area contributed by atoms with E-state index in [4.69, 9.17) is 4.74 Å². The maximum Gasteiger partial charge on any atom is 0.206 e. The third-order valence-electron chi connectivity index (χ3n) is 2.80. The van der Waals surface area contributed by atoms with Crippen LogP contribution in [-0.2, 0) is 0 Å². The first-order chi connectivity index (χ1) is 8.52. The van der Waals surface area contributed by atoms with E-state index in [9.17, 15) is 4.79 Å². The van der Waals surface area contributed by atoms with Gasteiger partial charge in [0.05, 0.1) is 17.6 Å². The van der Waals surface area contributed by atoms with Gasteiger partial charge in [-0.25, -0.2) is 0 Å². The van der Waals surface area contributed by atoms with Crippen molar-refractivity contribution in [1.29, 1.82) is 0 Å². The number of ether oxygens (including phenoxy) is 1. The van der Waals surface area contributed by atoms with Crippen molar-refractivity contribution in [2.45, 2.75) is 13.8 Å². The van der Waals surface area contributed by atoms with Crippen molar-refractivity contribution in [1.82, 2.24) is 0 Å². The van der Waals surface area contributed by atoms with Crippen LogP contribution < -0.4 is 4.74 Å². The molecule has 1 aromatic heterocycles. The van der Waals surface area contributed by atoms with E-state index in [0.29, 0.717) is 11.3 Å². The van der Waals surface area contributed by atoms with Crippen LogP contribution in [-0.4, -0.2) is 12.9 Å². The molecule has 0 aliphatic heterocycles. The molecule has 4 heteroatoms. The van der Waals surface area contributed by atoms with Crippen LogP contribution >= 0.6 is 27.3 Å². The third-order valence-corrected chi connectivity index (χ3v) is 4.44. The largest absolute Gasteiger partial charge is 0.496 e. The lowest BCUT2D eigenvalue weighted by molar-refractivity contribution is 0.103. The first-order valence-electron chi connectivity index (χ1n) is 5.48. The molecule has 0 atom stereocenters. The Labute approximate surface area is 119 Å². The van der Waals surface area contributed by atoms with Crippen molar-refractivity contribution >= 4 is 33.0 Å². The first kappa shape index (κ1) is 13.3. The number of hydrogen-bond acceptors (Lipinski definition) is 3. The number of methoxy groups -OCH3 is 1. The summed E-state index contributed by atoms with van der Waals surface area (Å²) in [7, 11) is 1.57. The van der Waals surface area contributed by atoms with E-state index in [1.165, 1.54) is 16.2 Å². The van der Waals surface area contributed by atoms with Crippen LogP contribution in [0.5, 0.6) is 5.75 Å². The Kier molecular flexibility index (Phi) is 3.88. The highest BCUT2D eigenvalue weighted by atomic mass is 79.9. The molecular weight excluding hydrogens is 312 g/mol. The van der Waals surface area contributed by atoms with Gasteiger partial charge in [-0.2, -0.15) is 0 Å². The molecule has 94 valence electrons. The summed E-state index contributed by atoms with van der Waals surface area (Å²) >= 11 is 4.90. The molecule has 18 heavy (non-hydrogen) atoms. The number of hydrogen-bond donors (Lipinski definition) is 0. The van der Waals surface area contributed by atoms with E-state index < -0.39 is 0 Å². The fourth-order valence-electron chi connectivity index (χ4n) is 1.68. The van der Waals surface area contributed by atoms with Gasteiger partial charge in [0.15, 0.2) is 0 Å². The Morgan fingerprint density at radius 3 is 2.56 bits per heavy atom. The van der Waals surface area contributed by atoms with Crippen molar-refractivity contribution in [3.8, 4) is 5.75 Å². The summed E-state index contributed by atoms with van der Waals surface area (Å²) in [5, 5.41) is 0. The summed E-state index contributed by atoms with van der Waals surface area (Å²) in [6.45, 7) is 4.04. The summed E-state index contributed by atoms with van der Waals surface area (Å²) in [5.74, 6) is 0.612. The second-order valence-electron chi connectivity index (χ2n) is 4.02. The van der Waals surface area contributed by atoms with Crippen molar-refractivity contribution in [3.63, 3.8) is 0 Å². The molecular formula is C14H13BrO2S. The lowest BCUT2D eigenvalue weighted by Crippen LogP contribution is -2.02. The van der Waals surface area contributed by atoms with E-state index in [1.54, 1.807) is 19.2 Å². The Morgan fingerprint density at radius 1 is 1.28 bits per heavy atom. The average Bonchev–Trinajstić information content (AvgIpc) is 2.68. The molecule has 0 aliphatic carbocycles. The van der Waals surface area contributed by atoms with Crippen LogP contribution in [0.3, 0.4) is 0 Å². The van der Waals surface area contributed by atoms with E-state index >= 15 is 0 Å². The quantitative estimate of drug-likeness (QED) is 0.784. The Hall–Kier alpha value is -1.13. The van der Waals surface area contributed by atoms with Gasteiger partial charge in [0, 0.05) is 9.35 Å². The molecule has 0 saturated heterocycles. The van der Waals surface area contributed by atoms with E-state index in [1.807, 2.05) is 26.0 Å². The number of aryl methyl sites for hydroxylation is 2. The number of carbonyl (C=O) groups excluding carboxylic acids is 1. The second-order valence-corrected chi connectivity index (χ2v) is 6.20. The molecule has 1 aromatic carbocycles. The lowest BCUT2D eigenvalue weighted by atomic mass is 10.1. The third kappa shape index (κ3) is 2.49. The van der Waals surface area contributed by atoms with E-state index in [2.05, 4.69) is 15.9 Å². The van der Waals surface area contributed by atoms with Crippen LogP contribution in [0.15, 0.2) is 28.7 Å². The van der Waals surface area contributed by atoms with Gasteiger partial charge in [-0.15, -0.1) is 11.3 Å². The van der Waals surface area contributed by atoms with Crippen LogP contribution in [0.25, 0.3) is 0 Å². The summed E-state index contributed by atoms with van der Waals surface area (Å²) in [6.07, 6.45) is 0. The molecule has 0 N–H and O–H groups in total. The zero-order valence-electron chi connectivity index (χ0n) is 10.4. The second kappa shape index (κ2) is 5.24. The Morgan fingerprint density at radius 2 is 2.00 bits per heavy atom. The van der Waals surface area contributed by atoms with Crippen molar-refractivity contribution in [3.05, 3.63) is 49.6 Å². The SMILES string of the molecule is COc1ccc(Br)cc1C(=O)c1cc(C)c(C)s1. The van der Waals surface area contributed by atoms with Gasteiger partial charge < -0.3 is 4.74 Å². The first-order valence-corrected chi connectivity index (χ1v) is 7.09. The molecule has 2 aromatic rings. The predicted octanol–water partition coefficient (Wildman–Crippen LogP) is 4.37. The van der Waals surface area contributed by atoms with E-state index in [0.717, 1.165) is 14.9 Å². The van der Waals surface area contributed by atoms with Crippen molar-refractivity contribution in [2.75, 3.05) is 7.11 Å². The standard InChI is InChI=1S/C14H13BrO2S/c1-8-6-13(18-9(8)2)14(16)11-7-10(15)4-5-12(11)17-3/h4-7H,1-3H3. The zero-order chi connectivity index (χ0) is 13.3. The molecule has 0 unspecified atom stereocenters. The van der Waals surface area contributed by atoms with Gasteiger partial charge in [0.1, 0.15) is 5.75 Å². The maximum atomic E-state index is 12.5. The molecule has 0 aliphatic rings.